The van der Waals surface area contributed by atoms with Crippen molar-refractivity contribution in [2.45, 2.75) is 52.0 Å². The van der Waals surface area contributed by atoms with E-state index in [1.54, 1.807) is 13.8 Å². The monoisotopic (exact) mass is 275 g/mol. The summed E-state index contributed by atoms with van der Waals surface area (Å²) in [6, 6.07) is 0.247. The van der Waals surface area contributed by atoms with Crippen LogP contribution in [0.5, 0.6) is 0 Å². The molecule has 0 aliphatic carbocycles. The molecule has 106 valence electrons. The highest BCUT2D eigenvalue weighted by Gasteiger charge is 2.23. The van der Waals surface area contributed by atoms with Gasteiger partial charge in [0.2, 0.25) is 0 Å². The van der Waals surface area contributed by atoms with Gasteiger partial charge in [0.1, 0.15) is 5.78 Å². The van der Waals surface area contributed by atoms with Crippen LogP contribution in [0.4, 0.5) is 0 Å². The Hall–Kier alpha value is -0.420. The number of carbonyl (C=O) groups is 1. The van der Waals surface area contributed by atoms with E-state index in [4.69, 9.17) is 0 Å². The van der Waals surface area contributed by atoms with Crippen LogP contribution in [-0.2, 0) is 14.6 Å². The maximum atomic E-state index is 11.6. The Morgan fingerprint density at radius 2 is 2.00 bits per heavy atom. The fourth-order valence-corrected chi connectivity index (χ4v) is 3.30. The van der Waals surface area contributed by atoms with Gasteiger partial charge < -0.3 is 0 Å². The van der Waals surface area contributed by atoms with Crippen molar-refractivity contribution in [1.82, 2.24) is 4.90 Å². The van der Waals surface area contributed by atoms with E-state index in [1.165, 1.54) is 6.42 Å². The van der Waals surface area contributed by atoms with E-state index in [0.29, 0.717) is 13.0 Å². The normalized spacial score (nSPS) is 22.7. The van der Waals surface area contributed by atoms with Gasteiger partial charge in [0, 0.05) is 24.8 Å². The van der Waals surface area contributed by atoms with Crippen LogP contribution in [0.2, 0.25) is 0 Å². The summed E-state index contributed by atoms with van der Waals surface area (Å²) in [6.45, 7) is 4.81. The van der Waals surface area contributed by atoms with Gasteiger partial charge >= 0.3 is 0 Å². The van der Waals surface area contributed by atoms with Crippen LogP contribution >= 0.6 is 0 Å². The second kappa shape index (κ2) is 7.24. The van der Waals surface area contributed by atoms with Gasteiger partial charge in [-0.1, -0.05) is 19.8 Å². The number of Topliss-reactive ketones (excluding diaryl/α,β-unsaturated/α-hetero) is 1. The molecule has 1 saturated heterocycles. The van der Waals surface area contributed by atoms with Crippen LogP contribution in [-0.4, -0.2) is 49.7 Å². The van der Waals surface area contributed by atoms with Crippen LogP contribution in [0.3, 0.4) is 0 Å². The van der Waals surface area contributed by atoms with Gasteiger partial charge in [0.15, 0.2) is 9.84 Å². The molecule has 0 N–H and O–H groups in total. The molecule has 0 aromatic rings. The van der Waals surface area contributed by atoms with Crippen molar-refractivity contribution in [3.63, 3.8) is 0 Å². The van der Waals surface area contributed by atoms with Crippen LogP contribution < -0.4 is 0 Å². The molecule has 1 atom stereocenters. The molecule has 0 spiro atoms. The third kappa shape index (κ3) is 5.48. The summed E-state index contributed by atoms with van der Waals surface area (Å²) >= 11 is 0. The molecule has 1 aliphatic heterocycles. The number of likely N-dealkylation sites (tertiary alicyclic amines) is 1. The number of rotatable bonds is 6. The number of nitrogens with zero attached hydrogens (tertiary/aromatic N) is 1. The van der Waals surface area contributed by atoms with Crippen molar-refractivity contribution >= 4 is 15.6 Å². The molecule has 0 radical (unpaired) electrons. The fraction of sp³-hybridized carbons (Fsp3) is 0.923. The molecule has 1 rings (SSSR count). The van der Waals surface area contributed by atoms with Crippen LogP contribution in [0.1, 0.15) is 46.0 Å². The summed E-state index contributed by atoms with van der Waals surface area (Å²) in [5.74, 6) is 0.626. The van der Waals surface area contributed by atoms with Crippen molar-refractivity contribution in [2.24, 2.45) is 0 Å². The molecule has 1 unspecified atom stereocenters. The van der Waals surface area contributed by atoms with E-state index in [9.17, 15) is 13.2 Å². The fourth-order valence-electron chi connectivity index (χ4n) is 2.49. The number of sulfone groups is 1. The minimum atomic E-state index is -2.91. The minimum absolute atomic E-state index is 0.199. The summed E-state index contributed by atoms with van der Waals surface area (Å²) in [5, 5.41) is 0. The van der Waals surface area contributed by atoms with Gasteiger partial charge in [-0.2, -0.15) is 0 Å². The van der Waals surface area contributed by atoms with E-state index in [2.05, 4.69) is 4.90 Å². The van der Waals surface area contributed by atoms with Gasteiger partial charge in [-0.15, -0.1) is 0 Å². The Morgan fingerprint density at radius 3 is 2.61 bits per heavy atom. The van der Waals surface area contributed by atoms with Crippen LogP contribution in [0.15, 0.2) is 0 Å². The lowest BCUT2D eigenvalue weighted by Crippen LogP contribution is -2.39. The lowest BCUT2D eigenvalue weighted by atomic mass is 10.0. The second-order valence-corrected chi connectivity index (χ2v) is 7.65. The van der Waals surface area contributed by atoms with Crippen molar-refractivity contribution in [1.29, 1.82) is 0 Å². The third-order valence-electron chi connectivity index (χ3n) is 3.65. The second-order valence-electron chi connectivity index (χ2n) is 5.18. The highest BCUT2D eigenvalue weighted by atomic mass is 32.2. The van der Waals surface area contributed by atoms with Gasteiger partial charge in [-0.3, -0.25) is 9.69 Å². The Kier molecular flexibility index (Phi) is 6.29. The zero-order valence-electron chi connectivity index (χ0n) is 11.5. The van der Waals surface area contributed by atoms with Gasteiger partial charge in [-0.05, 0) is 26.3 Å². The van der Waals surface area contributed by atoms with Crippen molar-refractivity contribution in [2.75, 3.05) is 24.6 Å². The predicted octanol–water partition coefficient (Wildman–Crippen LogP) is 1.64. The Labute approximate surface area is 111 Å². The van der Waals surface area contributed by atoms with E-state index in [1.807, 2.05) is 0 Å². The lowest BCUT2D eigenvalue weighted by Gasteiger charge is -2.29. The van der Waals surface area contributed by atoms with E-state index in [-0.39, 0.29) is 23.3 Å². The molecule has 1 aliphatic rings. The van der Waals surface area contributed by atoms with Crippen molar-refractivity contribution < 1.29 is 13.2 Å². The van der Waals surface area contributed by atoms with Crippen molar-refractivity contribution in [3.05, 3.63) is 0 Å². The van der Waals surface area contributed by atoms with E-state index < -0.39 is 9.84 Å². The Morgan fingerprint density at radius 1 is 1.28 bits per heavy atom. The molecular weight excluding hydrogens is 250 g/mol. The average molecular weight is 275 g/mol. The quantitative estimate of drug-likeness (QED) is 0.739. The maximum absolute atomic E-state index is 11.6. The molecule has 18 heavy (non-hydrogen) atoms. The summed E-state index contributed by atoms with van der Waals surface area (Å²) in [4.78, 5) is 13.5. The van der Waals surface area contributed by atoms with Crippen LogP contribution in [0, 0.1) is 0 Å². The average Bonchev–Trinajstić information content (AvgIpc) is 2.51. The first-order chi connectivity index (χ1) is 8.44. The summed E-state index contributed by atoms with van der Waals surface area (Å²) in [7, 11) is -2.91. The standard InChI is InChI=1S/C13H25NO3S/c1-3-18(16,17)10-9-14-8-6-4-5-7-13(14)11-12(2)15/h13H,3-11H2,1-2H3. The Bertz CT molecular complexity index is 364. The first-order valence-corrected chi connectivity index (χ1v) is 8.70. The van der Waals surface area contributed by atoms with Crippen LogP contribution in [0.25, 0.3) is 0 Å². The zero-order chi connectivity index (χ0) is 13.6. The molecule has 0 aromatic heterocycles. The lowest BCUT2D eigenvalue weighted by molar-refractivity contribution is -0.118. The van der Waals surface area contributed by atoms with E-state index >= 15 is 0 Å². The molecule has 5 heteroatoms. The van der Waals surface area contributed by atoms with Gasteiger partial charge in [0.25, 0.3) is 0 Å². The zero-order valence-corrected chi connectivity index (χ0v) is 12.3. The topological polar surface area (TPSA) is 54.5 Å². The summed E-state index contributed by atoms with van der Waals surface area (Å²) in [5.41, 5.74) is 0. The highest BCUT2D eigenvalue weighted by molar-refractivity contribution is 7.91. The van der Waals surface area contributed by atoms with E-state index in [0.717, 1.165) is 25.8 Å². The van der Waals surface area contributed by atoms with Crippen molar-refractivity contribution in [3.8, 4) is 0 Å². The Balaban J connectivity index is 2.59. The molecule has 4 nitrogen and oxygen atoms in total. The number of hydrogen-bond acceptors (Lipinski definition) is 4. The molecule has 1 heterocycles. The maximum Gasteiger partial charge on any atom is 0.151 e. The third-order valence-corrected chi connectivity index (χ3v) is 5.34. The summed E-state index contributed by atoms with van der Waals surface area (Å²) in [6.07, 6.45) is 5.03. The summed E-state index contributed by atoms with van der Waals surface area (Å²) < 4.78 is 23.1. The smallest absolute Gasteiger partial charge is 0.151 e. The predicted molar refractivity (Wildman–Crippen MR) is 73.5 cm³/mol. The number of ketones is 1. The molecule has 0 bridgehead atoms. The molecular formula is C13H25NO3S. The molecule has 0 amide bonds. The first kappa shape index (κ1) is 15.6. The number of hydrogen-bond donors (Lipinski definition) is 0. The SMILES string of the molecule is CCS(=O)(=O)CCN1CCCCCC1CC(C)=O. The highest BCUT2D eigenvalue weighted by Crippen LogP contribution is 2.19. The minimum Gasteiger partial charge on any atom is -0.300 e. The molecule has 0 aromatic carbocycles. The molecule has 1 fully saturated rings. The van der Waals surface area contributed by atoms with Gasteiger partial charge in [0.05, 0.1) is 5.75 Å². The largest absolute Gasteiger partial charge is 0.300 e. The molecule has 0 saturated carbocycles. The number of carbonyl (C=O) groups excluding carboxylic acids is 1. The first-order valence-electron chi connectivity index (χ1n) is 6.88. The van der Waals surface area contributed by atoms with Gasteiger partial charge in [-0.25, -0.2) is 8.42 Å².